The first-order valence-corrected chi connectivity index (χ1v) is 11.8. The number of para-hydroxylation sites is 1. The van der Waals surface area contributed by atoms with E-state index < -0.39 is 0 Å². The summed E-state index contributed by atoms with van der Waals surface area (Å²) in [6, 6.07) is 7.52. The summed E-state index contributed by atoms with van der Waals surface area (Å²) in [6.45, 7) is 4.01. The predicted octanol–water partition coefficient (Wildman–Crippen LogP) is 3.80. The number of benzene rings is 1. The normalized spacial score (nSPS) is 19.4. The molecule has 0 saturated carbocycles. The van der Waals surface area contributed by atoms with Crippen LogP contribution in [-0.2, 0) is 9.53 Å². The van der Waals surface area contributed by atoms with Crippen LogP contribution in [0.15, 0.2) is 28.8 Å². The summed E-state index contributed by atoms with van der Waals surface area (Å²) < 4.78 is 12.4. The van der Waals surface area contributed by atoms with E-state index in [9.17, 15) is 9.59 Å². The number of rotatable bonds is 6. The maximum absolute atomic E-state index is 13.0. The monoisotopic (exact) mass is 451 g/mol. The Hall–Kier alpha value is -3.07. The largest absolute Gasteiger partial charge is 0.381 e. The van der Waals surface area contributed by atoms with Gasteiger partial charge in [-0.1, -0.05) is 23.4 Å². The summed E-state index contributed by atoms with van der Waals surface area (Å²) in [5, 5.41) is 9.56. The van der Waals surface area contributed by atoms with Gasteiger partial charge in [0.25, 0.3) is 0 Å². The number of hydrogen-bond donors (Lipinski definition) is 0. The first-order chi connectivity index (χ1) is 16.1. The van der Waals surface area contributed by atoms with Gasteiger partial charge in [-0.2, -0.15) is 14.8 Å². The van der Waals surface area contributed by atoms with Crippen LogP contribution in [-0.4, -0.2) is 56.4 Å². The molecule has 1 aromatic carbocycles. The van der Waals surface area contributed by atoms with E-state index in [-0.39, 0.29) is 30.2 Å². The molecule has 0 bridgehead atoms. The number of carbonyl (C=O) groups excluding carboxylic acids is 2. The van der Waals surface area contributed by atoms with Crippen LogP contribution in [0.3, 0.4) is 0 Å². The highest BCUT2D eigenvalue weighted by Gasteiger charge is 2.34. The maximum Gasteiger partial charge on any atom is 0.249 e. The van der Waals surface area contributed by atoms with Gasteiger partial charge in [0.05, 0.1) is 11.2 Å². The van der Waals surface area contributed by atoms with E-state index in [0.29, 0.717) is 25.3 Å². The Morgan fingerprint density at radius 1 is 1.09 bits per heavy atom. The van der Waals surface area contributed by atoms with E-state index in [1.54, 1.807) is 0 Å². The molecule has 5 rings (SSSR count). The van der Waals surface area contributed by atoms with Crippen LogP contribution in [0, 0.1) is 6.92 Å². The Morgan fingerprint density at radius 3 is 2.73 bits per heavy atom. The van der Waals surface area contributed by atoms with Crippen molar-refractivity contribution in [3.8, 4) is 0 Å². The van der Waals surface area contributed by atoms with Crippen LogP contribution < -0.4 is 0 Å². The van der Waals surface area contributed by atoms with Crippen LogP contribution in [0.25, 0.3) is 10.9 Å². The van der Waals surface area contributed by atoms with Crippen molar-refractivity contribution >= 4 is 22.7 Å². The van der Waals surface area contributed by atoms with Crippen molar-refractivity contribution in [2.45, 2.75) is 63.8 Å². The third kappa shape index (κ3) is 4.42. The van der Waals surface area contributed by atoms with Crippen molar-refractivity contribution in [1.29, 1.82) is 0 Å². The molecule has 2 aromatic heterocycles. The first-order valence-electron chi connectivity index (χ1n) is 11.8. The van der Waals surface area contributed by atoms with Gasteiger partial charge in [-0.15, -0.1) is 0 Å². The third-order valence-electron chi connectivity index (χ3n) is 6.69. The van der Waals surface area contributed by atoms with E-state index in [0.717, 1.165) is 61.3 Å². The summed E-state index contributed by atoms with van der Waals surface area (Å²) in [5.41, 5.74) is 1.64. The summed E-state index contributed by atoms with van der Waals surface area (Å²) in [7, 11) is 0. The van der Waals surface area contributed by atoms with Gasteiger partial charge in [-0.25, -0.2) is 0 Å². The zero-order valence-electron chi connectivity index (χ0n) is 18.9. The van der Waals surface area contributed by atoms with Gasteiger partial charge in [0.1, 0.15) is 6.04 Å². The SMILES string of the molecule is Cc1nn(C(=O)CCCC(=O)N2CCCC2c2nc(C3CCOCC3)no2)c2ccccc12. The number of aryl methyl sites for hydroxylation is 1. The molecule has 9 heteroatoms. The molecule has 0 spiro atoms. The second-order valence-electron chi connectivity index (χ2n) is 8.88. The molecule has 4 heterocycles. The highest BCUT2D eigenvalue weighted by molar-refractivity contribution is 5.92. The predicted molar refractivity (Wildman–Crippen MR) is 120 cm³/mol. The van der Waals surface area contributed by atoms with Crippen LogP contribution in [0.4, 0.5) is 0 Å². The van der Waals surface area contributed by atoms with Crippen molar-refractivity contribution in [3.63, 3.8) is 0 Å². The molecule has 2 saturated heterocycles. The molecule has 33 heavy (non-hydrogen) atoms. The fourth-order valence-electron chi connectivity index (χ4n) is 4.88. The lowest BCUT2D eigenvalue weighted by Gasteiger charge is -2.22. The van der Waals surface area contributed by atoms with Gasteiger partial charge < -0.3 is 14.2 Å². The molecular formula is C24H29N5O4. The molecule has 0 radical (unpaired) electrons. The minimum Gasteiger partial charge on any atom is -0.381 e. The number of hydrogen-bond acceptors (Lipinski definition) is 7. The molecule has 0 N–H and O–H groups in total. The summed E-state index contributed by atoms with van der Waals surface area (Å²) >= 11 is 0. The average Bonchev–Trinajstić information content (AvgIpc) is 3.58. The van der Waals surface area contributed by atoms with E-state index >= 15 is 0 Å². The van der Waals surface area contributed by atoms with Crippen LogP contribution in [0.1, 0.15) is 79.1 Å². The smallest absolute Gasteiger partial charge is 0.249 e. The number of fused-ring (bicyclic) bond motifs is 1. The Labute approximate surface area is 192 Å². The van der Waals surface area contributed by atoms with Gasteiger partial charge >= 0.3 is 0 Å². The summed E-state index contributed by atoms with van der Waals surface area (Å²) in [5.74, 6) is 1.44. The Kier molecular flexibility index (Phi) is 6.22. The van der Waals surface area contributed by atoms with Gasteiger partial charge in [0, 0.05) is 43.9 Å². The zero-order valence-corrected chi connectivity index (χ0v) is 18.9. The number of nitrogens with zero attached hydrogens (tertiary/aromatic N) is 5. The van der Waals surface area contributed by atoms with E-state index in [1.165, 1.54) is 4.68 Å². The second-order valence-corrected chi connectivity index (χ2v) is 8.88. The zero-order chi connectivity index (χ0) is 22.8. The molecule has 2 aliphatic heterocycles. The Morgan fingerprint density at radius 2 is 1.88 bits per heavy atom. The number of carbonyl (C=O) groups is 2. The quantitative estimate of drug-likeness (QED) is 0.561. The van der Waals surface area contributed by atoms with Crippen molar-refractivity contribution in [3.05, 3.63) is 41.7 Å². The van der Waals surface area contributed by atoms with Crippen LogP contribution in [0.5, 0.6) is 0 Å². The van der Waals surface area contributed by atoms with Crippen molar-refractivity contribution in [1.82, 2.24) is 24.8 Å². The lowest BCUT2D eigenvalue weighted by Crippen LogP contribution is -2.30. The number of aromatic nitrogens is 4. The standard InChI is InChI=1S/C24H29N5O4/c1-16-18-6-2-3-7-19(18)29(26-16)22(31)10-4-9-21(30)28-13-5-8-20(28)24-25-23(27-33-24)17-11-14-32-15-12-17/h2-3,6-7,17,20H,4-5,8-15H2,1H3. The number of ether oxygens (including phenoxy) is 1. The van der Waals surface area contributed by atoms with Gasteiger partial charge in [-0.3, -0.25) is 9.59 Å². The summed E-state index contributed by atoms with van der Waals surface area (Å²) in [4.78, 5) is 32.2. The van der Waals surface area contributed by atoms with E-state index in [2.05, 4.69) is 15.2 Å². The lowest BCUT2D eigenvalue weighted by atomic mass is 10.00. The molecule has 174 valence electrons. The van der Waals surface area contributed by atoms with Crippen molar-refractivity contribution in [2.24, 2.45) is 0 Å². The lowest BCUT2D eigenvalue weighted by molar-refractivity contribution is -0.132. The van der Waals surface area contributed by atoms with E-state index in [4.69, 9.17) is 9.26 Å². The molecule has 0 aliphatic carbocycles. The Balaban J connectivity index is 1.18. The first kappa shape index (κ1) is 21.8. The molecule has 2 aliphatic rings. The molecular weight excluding hydrogens is 422 g/mol. The van der Waals surface area contributed by atoms with Crippen LogP contribution in [0.2, 0.25) is 0 Å². The van der Waals surface area contributed by atoms with Gasteiger partial charge in [0.15, 0.2) is 5.82 Å². The highest BCUT2D eigenvalue weighted by Crippen LogP contribution is 2.33. The van der Waals surface area contributed by atoms with Crippen molar-refractivity contribution in [2.75, 3.05) is 19.8 Å². The van der Waals surface area contributed by atoms with E-state index in [1.807, 2.05) is 36.1 Å². The molecule has 2 fully saturated rings. The number of likely N-dealkylation sites (tertiary alicyclic amines) is 1. The summed E-state index contributed by atoms with van der Waals surface area (Å²) in [6.07, 6.45) is 4.56. The van der Waals surface area contributed by atoms with Gasteiger partial charge in [0.2, 0.25) is 17.7 Å². The second kappa shape index (κ2) is 9.43. The molecule has 9 nitrogen and oxygen atoms in total. The fraction of sp³-hybridized carbons (Fsp3) is 0.542. The minimum absolute atomic E-state index is 0.0256. The molecule has 1 unspecified atom stereocenters. The topological polar surface area (TPSA) is 103 Å². The van der Waals surface area contributed by atoms with Crippen molar-refractivity contribution < 1.29 is 18.8 Å². The molecule has 1 atom stereocenters. The highest BCUT2D eigenvalue weighted by atomic mass is 16.5. The van der Waals surface area contributed by atoms with Gasteiger partial charge in [-0.05, 0) is 45.1 Å². The Bertz CT molecular complexity index is 1150. The third-order valence-corrected chi connectivity index (χ3v) is 6.69. The fourth-order valence-corrected chi connectivity index (χ4v) is 4.88. The minimum atomic E-state index is -0.174. The maximum atomic E-state index is 13.0. The molecule has 1 amide bonds. The van der Waals surface area contributed by atoms with Crippen LogP contribution >= 0.6 is 0 Å². The number of amides is 1. The average molecular weight is 452 g/mol. The molecule has 3 aromatic rings.